The average Bonchev–Trinajstić information content (AvgIpc) is 2.84. The predicted octanol–water partition coefficient (Wildman–Crippen LogP) is 4.20. The standard InChI is InChI=1S/C15H9Cl2N3O3S/c1-19-13-10(17)3-2-4-12(13)24-15(19)18-14(21)9-7-8(16)5-6-11(9)20(22)23/h2-7H,1H3. The Hall–Kier alpha value is -2.22. The minimum Gasteiger partial charge on any atom is -0.318 e. The third-order valence-electron chi connectivity index (χ3n) is 3.36. The Morgan fingerprint density at radius 3 is 2.71 bits per heavy atom. The molecule has 9 heteroatoms. The van der Waals surface area contributed by atoms with Gasteiger partial charge in [-0.25, -0.2) is 0 Å². The van der Waals surface area contributed by atoms with Crippen molar-refractivity contribution < 1.29 is 9.72 Å². The number of benzene rings is 2. The molecular weight excluding hydrogens is 373 g/mol. The Bertz CT molecular complexity index is 1060. The van der Waals surface area contributed by atoms with Crippen LogP contribution >= 0.6 is 34.5 Å². The first-order valence-electron chi connectivity index (χ1n) is 6.65. The van der Waals surface area contributed by atoms with E-state index in [9.17, 15) is 14.9 Å². The third kappa shape index (κ3) is 2.93. The quantitative estimate of drug-likeness (QED) is 0.492. The van der Waals surface area contributed by atoms with Crippen LogP contribution in [0, 0.1) is 10.1 Å². The van der Waals surface area contributed by atoms with Crippen LogP contribution in [-0.4, -0.2) is 15.4 Å². The molecule has 0 aliphatic heterocycles. The maximum atomic E-state index is 12.4. The summed E-state index contributed by atoms with van der Waals surface area (Å²) in [5.41, 5.74) is 0.252. The summed E-state index contributed by atoms with van der Waals surface area (Å²) in [6.45, 7) is 0. The van der Waals surface area contributed by atoms with Crippen molar-refractivity contribution in [1.82, 2.24) is 4.57 Å². The summed E-state index contributed by atoms with van der Waals surface area (Å²) in [6, 6.07) is 9.18. The Morgan fingerprint density at radius 2 is 2.04 bits per heavy atom. The first-order chi connectivity index (χ1) is 11.4. The highest BCUT2D eigenvalue weighted by Gasteiger charge is 2.20. The molecule has 0 aliphatic rings. The molecule has 1 heterocycles. The Morgan fingerprint density at radius 1 is 1.29 bits per heavy atom. The van der Waals surface area contributed by atoms with Crippen molar-refractivity contribution in [1.29, 1.82) is 0 Å². The van der Waals surface area contributed by atoms with Crippen LogP contribution in [0.15, 0.2) is 41.4 Å². The number of nitro benzene ring substituents is 1. The summed E-state index contributed by atoms with van der Waals surface area (Å²) in [4.78, 5) is 27.3. The van der Waals surface area contributed by atoms with E-state index in [-0.39, 0.29) is 16.3 Å². The molecular formula is C15H9Cl2N3O3S. The van der Waals surface area contributed by atoms with Gasteiger partial charge in [0, 0.05) is 18.1 Å². The average molecular weight is 382 g/mol. The first-order valence-corrected chi connectivity index (χ1v) is 8.23. The van der Waals surface area contributed by atoms with Gasteiger partial charge in [-0.1, -0.05) is 40.6 Å². The second kappa shape index (κ2) is 6.35. The molecule has 0 unspecified atom stereocenters. The largest absolute Gasteiger partial charge is 0.318 e. The summed E-state index contributed by atoms with van der Waals surface area (Å²) in [5.74, 6) is -0.734. The molecule has 0 N–H and O–H groups in total. The molecule has 0 aliphatic carbocycles. The second-order valence-corrected chi connectivity index (χ2v) is 6.72. The second-order valence-electron chi connectivity index (χ2n) is 4.87. The Balaban J connectivity index is 2.18. The van der Waals surface area contributed by atoms with E-state index in [1.807, 2.05) is 6.07 Å². The van der Waals surface area contributed by atoms with E-state index in [2.05, 4.69) is 4.99 Å². The van der Waals surface area contributed by atoms with E-state index in [0.717, 1.165) is 10.2 Å². The molecule has 1 amide bonds. The molecule has 3 aromatic rings. The van der Waals surface area contributed by atoms with Crippen molar-refractivity contribution in [2.75, 3.05) is 0 Å². The van der Waals surface area contributed by atoms with Crippen LogP contribution in [0.5, 0.6) is 0 Å². The molecule has 122 valence electrons. The maximum Gasteiger partial charge on any atom is 0.286 e. The number of amides is 1. The van der Waals surface area contributed by atoms with Crippen LogP contribution in [0.1, 0.15) is 10.4 Å². The number of para-hydroxylation sites is 1. The molecule has 0 saturated carbocycles. The number of carbonyl (C=O) groups is 1. The topological polar surface area (TPSA) is 77.5 Å². The van der Waals surface area contributed by atoms with Gasteiger partial charge in [0.15, 0.2) is 4.80 Å². The minimum absolute atomic E-state index is 0.156. The van der Waals surface area contributed by atoms with Gasteiger partial charge in [-0.2, -0.15) is 4.99 Å². The van der Waals surface area contributed by atoms with Gasteiger partial charge < -0.3 is 4.57 Å². The fourth-order valence-corrected chi connectivity index (χ4v) is 3.82. The van der Waals surface area contributed by atoms with Crippen molar-refractivity contribution in [3.63, 3.8) is 0 Å². The Kier molecular flexibility index (Phi) is 4.40. The van der Waals surface area contributed by atoms with E-state index in [1.165, 1.54) is 29.5 Å². The van der Waals surface area contributed by atoms with E-state index in [0.29, 0.717) is 9.82 Å². The summed E-state index contributed by atoms with van der Waals surface area (Å²) in [6.07, 6.45) is 0. The zero-order valence-corrected chi connectivity index (χ0v) is 14.5. The molecule has 24 heavy (non-hydrogen) atoms. The molecule has 0 saturated heterocycles. The SMILES string of the molecule is Cn1c(=NC(=O)c2cc(Cl)ccc2[N+](=O)[O-])sc2cccc(Cl)c21. The number of aryl methyl sites for hydroxylation is 1. The van der Waals surface area contributed by atoms with Gasteiger partial charge in [0.05, 0.1) is 20.2 Å². The molecule has 0 atom stereocenters. The number of rotatable bonds is 2. The number of halogens is 2. The lowest BCUT2D eigenvalue weighted by molar-refractivity contribution is -0.385. The van der Waals surface area contributed by atoms with Gasteiger partial charge in [-0.15, -0.1) is 0 Å². The molecule has 6 nitrogen and oxygen atoms in total. The van der Waals surface area contributed by atoms with Crippen LogP contribution < -0.4 is 4.80 Å². The molecule has 3 rings (SSSR count). The highest BCUT2D eigenvalue weighted by atomic mass is 35.5. The summed E-state index contributed by atoms with van der Waals surface area (Å²) >= 11 is 13.3. The first kappa shape index (κ1) is 16.6. The predicted molar refractivity (Wildman–Crippen MR) is 93.8 cm³/mol. The zero-order valence-electron chi connectivity index (χ0n) is 12.2. The minimum atomic E-state index is -0.734. The number of carbonyl (C=O) groups excluding carboxylic acids is 1. The summed E-state index contributed by atoms with van der Waals surface area (Å²) in [7, 11) is 1.73. The maximum absolute atomic E-state index is 12.4. The zero-order chi connectivity index (χ0) is 17.4. The van der Waals surface area contributed by atoms with Crippen molar-refractivity contribution in [3.05, 3.63) is 66.9 Å². The molecule has 0 spiro atoms. The van der Waals surface area contributed by atoms with Crippen LogP contribution in [-0.2, 0) is 7.05 Å². The number of thiazole rings is 1. The van der Waals surface area contributed by atoms with E-state index >= 15 is 0 Å². The molecule has 0 bridgehead atoms. The lowest BCUT2D eigenvalue weighted by atomic mass is 10.2. The van der Waals surface area contributed by atoms with E-state index in [4.69, 9.17) is 23.2 Å². The van der Waals surface area contributed by atoms with Gasteiger partial charge in [0.25, 0.3) is 11.6 Å². The van der Waals surface area contributed by atoms with Crippen molar-refractivity contribution in [2.24, 2.45) is 12.0 Å². The number of nitro groups is 1. The van der Waals surface area contributed by atoms with Crippen molar-refractivity contribution >= 4 is 56.3 Å². The van der Waals surface area contributed by atoms with Gasteiger partial charge >= 0.3 is 0 Å². The number of nitrogens with zero attached hydrogens (tertiary/aromatic N) is 3. The van der Waals surface area contributed by atoms with Crippen LogP contribution in [0.2, 0.25) is 10.0 Å². The highest BCUT2D eigenvalue weighted by Crippen LogP contribution is 2.25. The molecule has 2 aromatic carbocycles. The van der Waals surface area contributed by atoms with E-state index < -0.39 is 10.8 Å². The molecule has 0 fully saturated rings. The monoisotopic (exact) mass is 381 g/mol. The van der Waals surface area contributed by atoms with Gasteiger partial charge in [0.1, 0.15) is 5.56 Å². The van der Waals surface area contributed by atoms with Gasteiger partial charge in [0.2, 0.25) is 0 Å². The highest BCUT2D eigenvalue weighted by molar-refractivity contribution is 7.16. The number of aromatic nitrogens is 1. The van der Waals surface area contributed by atoms with Crippen molar-refractivity contribution in [3.8, 4) is 0 Å². The van der Waals surface area contributed by atoms with Crippen LogP contribution in [0.3, 0.4) is 0 Å². The number of fused-ring (bicyclic) bond motifs is 1. The van der Waals surface area contributed by atoms with Crippen LogP contribution in [0.25, 0.3) is 10.2 Å². The third-order valence-corrected chi connectivity index (χ3v) is 4.99. The van der Waals surface area contributed by atoms with Crippen LogP contribution in [0.4, 0.5) is 5.69 Å². The number of hydrogen-bond donors (Lipinski definition) is 0. The molecule has 0 radical (unpaired) electrons. The fourth-order valence-electron chi connectivity index (χ4n) is 2.25. The van der Waals surface area contributed by atoms with Gasteiger partial charge in [-0.3, -0.25) is 14.9 Å². The van der Waals surface area contributed by atoms with E-state index in [1.54, 1.807) is 23.7 Å². The normalized spacial score (nSPS) is 11.9. The smallest absolute Gasteiger partial charge is 0.286 e. The fraction of sp³-hybridized carbons (Fsp3) is 0.0667. The lowest BCUT2D eigenvalue weighted by Gasteiger charge is -2.00. The molecule has 1 aromatic heterocycles. The lowest BCUT2D eigenvalue weighted by Crippen LogP contribution is -2.14. The number of hydrogen-bond acceptors (Lipinski definition) is 4. The summed E-state index contributed by atoms with van der Waals surface area (Å²) < 4.78 is 2.54. The van der Waals surface area contributed by atoms with Gasteiger partial charge in [-0.05, 0) is 24.3 Å². The summed E-state index contributed by atoms with van der Waals surface area (Å²) in [5, 5.41) is 11.9. The Labute approximate surface area is 149 Å². The van der Waals surface area contributed by atoms with Crippen molar-refractivity contribution in [2.45, 2.75) is 0 Å².